The van der Waals surface area contributed by atoms with Crippen molar-refractivity contribution in [3.05, 3.63) is 24.8 Å². The zero-order valence-corrected chi connectivity index (χ0v) is 7.50. The van der Waals surface area contributed by atoms with Crippen molar-refractivity contribution in [2.75, 3.05) is 0 Å². The lowest BCUT2D eigenvalue weighted by Gasteiger charge is -2.18. The summed E-state index contributed by atoms with van der Waals surface area (Å²) in [5, 5.41) is 8.73. The standard InChI is InChI=1S/C8H10NOSi/c1-3-5-8(7-9,10-11)6-4-2/h3-4,6H,1,5H2,2H3/b6-4+. The topological polar surface area (TPSA) is 33.0 Å². The second-order valence-electron chi connectivity index (χ2n) is 2.10. The first kappa shape index (κ1) is 10.1. The van der Waals surface area contributed by atoms with Crippen molar-refractivity contribution in [3.8, 4) is 6.07 Å². The summed E-state index contributed by atoms with van der Waals surface area (Å²) in [7, 11) is 2.86. The van der Waals surface area contributed by atoms with E-state index in [2.05, 4.69) is 17.1 Å². The summed E-state index contributed by atoms with van der Waals surface area (Å²) < 4.78 is 4.85. The summed E-state index contributed by atoms with van der Waals surface area (Å²) in [6.07, 6.45) is 5.56. The molecule has 0 aromatic heterocycles. The van der Waals surface area contributed by atoms with Crippen molar-refractivity contribution >= 4 is 10.5 Å². The molecule has 0 rings (SSSR count). The van der Waals surface area contributed by atoms with E-state index in [9.17, 15) is 0 Å². The zero-order chi connectivity index (χ0) is 8.74. The molecule has 0 spiro atoms. The lowest BCUT2D eigenvalue weighted by atomic mass is 10.0. The maximum atomic E-state index is 8.73. The maximum Gasteiger partial charge on any atom is 0.248 e. The molecule has 3 heteroatoms. The molecule has 0 fully saturated rings. The predicted octanol–water partition coefficient (Wildman–Crippen LogP) is 1.50. The third-order valence-corrected chi connectivity index (χ3v) is 1.62. The van der Waals surface area contributed by atoms with Gasteiger partial charge in [-0.2, -0.15) is 5.26 Å². The summed E-state index contributed by atoms with van der Waals surface area (Å²) >= 11 is 0. The Bertz CT molecular complexity index is 195. The average molecular weight is 164 g/mol. The van der Waals surface area contributed by atoms with E-state index in [-0.39, 0.29) is 0 Å². The molecule has 3 radical (unpaired) electrons. The first-order valence-corrected chi connectivity index (χ1v) is 3.66. The van der Waals surface area contributed by atoms with Crippen LogP contribution in [0.5, 0.6) is 0 Å². The van der Waals surface area contributed by atoms with Crippen LogP contribution in [0.15, 0.2) is 24.8 Å². The summed E-state index contributed by atoms with van der Waals surface area (Å²) in [5.74, 6) is 0. The fourth-order valence-corrected chi connectivity index (χ4v) is 0.930. The van der Waals surface area contributed by atoms with Crippen LogP contribution in [0.1, 0.15) is 13.3 Å². The van der Waals surface area contributed by atoms with Crippen LogP contribution in [0.2, 0.25) is 0 Å². The predicted molar refractivity (Wildman–Crippen MR) is 44.8 cm³/mol. The van der Waals surface area contributed by atoms with Crippen LogP contribution in [-0.4, -0.2) is 16.1 Å². The van der Waals surface area contributed by atoms with Crippen molar-refractivity contribution < 1.29 is 4.43 Å². The number of nitrogens with zero attached hydrogens (tertiary/aromatic N) is 1. The molecule has 0 saturated heterocycles. The lowest BCUT2D eigenvalue weighted by molar-refractivity contribution is 0.202. The average Bonchev–Trinajstić information content (AvgIpc) is 2.04. The Morgan fingerprint density at radius 3 is 2.73 bits per heavy atom. The molecule has 57 valence electrons. The summed E-state index contributed by atoms with van der Waals surface area (Å²) in [5.41, 5.74) is -0.895. The highest BCUT2D eigenvalue weighted by molar-refractivity contribution is 5.98. The molecule has 0 aromatic rings. The van der Waals surface area contributed by atoms with Gasteiger partial charge < -0.3 is 4.43 Å². The van der Waals surface area contributed by atoms with Crippen molar-refractivity contribution in [2.45, 2.75) is 18.9 Å². The van der Waals surface area contributed by atoms with E-state index in [4.69, 9.17) is 9.69 Å². The van der Waals surface area contributed by atoms with E-state index in [1.807, 2.05) is 13.0 Å². The number of nitriles is 1. The van der Waals surface area contributed by atoms with E-state index in [1.54, 1.807) is 18.2 Å². The van der Waals surface area contributed by atoms with Gasteiger partial charge in [-0.1, -0.05) is 12.2 Å². The Hall–Kier alpha value is -0.853. The van der Waals surface area contributed by atoms with Crippen molar-refractivity contribution in [1.82, 2.24) is 0 Å². The van der Waals surface area contributed by atoms with E-state index in [0.717, 1.165) is 0 Å². The number of hydrogen-bond acceptors (Lipinski definition) is 2. The molecule has 0 heterocycles. The number of allylic oxidation sites excluding steroid dienone is 1. The molecule has 0 saturated carbocycles. The van der Waals surface area contributed by atoms with Crippen LogP contribution in [0.4, 0.5) is 0 Å². The highest BCUT2D eigenvalue weighted by atomic mass is 28.2. The molecule has 1 atom stereocenters. The van der Waals surface area contributed by atoms with E-state index in [1.165, 1.54) is 0 Å². The second-order valence-corrected chi connectivity index (χ2v) is 2.30. The first-order valence-electron chi connectivity index (χ1n) is 3.25. The largest absolute Gasteiger partial charge is 0.398 e. The molecule has 0 aromatic carbocycles. The van der Waals surface area contributed by atoms with Crippen molar-refractivity contribution in [1.29, 1.82) is 5.26 Å². The molecule has 0 aliphatic carbocycles. The van der Waals surface area contributed by atoms with Crippen LogP contribution in [-0.2, 0) is 4.43 Å². The monoisotopic (exact) mass is 164 g/mol. The summed E-state index contributed by atoms with van der Waals surface area (Å²) in [6, 6.07) is 2.04. The van der Waals surface area contributed by atoms with Crippen LogP contribution in [0.25, 0.3) is 0 Å². The summed E-state index contributed by atoms with van der Waals surface area (Å²) in [6.45, 7) is 5.37. The molecule has 1 unspecified atom stereocenters. The quantitative estimate of drug-likeness (QED) is 0.466. The van der Waals surface area contributed by atoms with Gasteiger partial charge >= 0.3 is 0 Å². The van der Waals surface area contributed by atoms with Gasteiger partial charge in [0.25, 0.3) is 0 Å². The molecule has 0 bridgehead atoms. The Morgan fingerprint density at radius 2 is 2.45 bits per heavy atom. The third-order valence-electron chi connectivity index (χ3n) is 1.25. The van der Waals surface area contributed by atoms with E-state index in [0.29, 0.717) is 6.42 Å². The highest BCUT2D eigenvalue weighted by Gasteiger charge is 2.23. The van der Waals surface area contributed by atoms with Crippen LogP contribution in [0.3, 0.4) is 0 Å². The van der Waals surface area contributed by atoms with Gasteiger partial charge in [-0.05, 0) is 13.0 Å². The Balaban J connectivity index is 4.48. The fraction of sp³-hybridized carbons (Fsp3) is 0.375. The van der Waals surface area contributed by atoms with Gasteiger partial charge in [-0.3, -0.25) is 0 Å². The van der Waals surface area contributed by atoms with Crippen molar-refractivity contribution in [2.24, 2.45) is 0 Å². The molecule has 0 aliphatic rings. The molecule has 2 nitrogen and oxygen atoms in total. The highest BCUT2D eigenvalue weighted by Crippen LogP contribution is 2.15. The smallest absolute Gasteiger partial charge is 0.248 e. The maximum absolute atomic E-state index is 8.73. The molecule has 0 amide bonds. The molecular weight excluding hydrogens is 154 g/mol. The minimum Gasteiger partial charge on any atom is -0.398 e. The van der Waals surface area contributed by atoms with Crippen LogP contribution < -0.4 is 0 Å². The van der Waals surface area contributed by atoms with Gasteiger partial charge in [0, 0.05) is 6.42 Å². The normalized spacial score (nSPS) is 15.7. The van der Waals surface area contributed by atoms with Gasteiger partial charge in [0.2, 0.25) is 10.5 Å². The van der Waals surface area contributed by atoms with Gasteiger partial charge in [0.1, 0.15) is 6.07 Å². The fourth-order valence-electron chi connectivity index (χ4n) is 0.733. The lowest BCUT2D eigenvalue weighted by Crippen LogP contribution is -2.26. The Morgan fingerprint density at radius 1 is 1.82 bits per heavy atom. The number of rotatable bonds is 4. The third kappa shape index (κ3) is 2.70. The molecule has 11 heavy (non-hydrogen) atoms. The van der Waals surface area contributed by atoms with Crippen LogP contribution in [0, 0.1) is 11.3 Å². The molecule has 0 N–H and O–H groups in total. The van der Waals surface area contributed by atoms with Crippen LogP contribution >= 0.6 is 0 Å². The van der Waals surface area contributed by atoms with E-state index >= 15 is 0 Å². The van der Waals surface area contributed by atoms with Gasteiger partial charge in [-0.15, -0.1) is 6.58 Å². The first-order chi connectivity index (χ1) is 5.24. The Labute approximate surface area is 70.7 Å². The molecule has 0 aliphatic heterocycles. The minimum absolute atomic E-state index is 0.470. The second kappa shape index (κ2) is 4.89. The van der Waals surface area contributed by atoms with E-state index < -0.39 is 5.60 Å². The minimum atomic E-state index is -0.895. The van der Waals surface area contributed by atoms with Gasteiger partial charge in [-0.25, -0.2) is 0 Å². The Kier molecular flexibility index (Phi) is 4.51. The van der Waals surface area contributed by atoms with Crippen molar-refractivity contribution in [3.63, 3.8) is 0 Å². The SMILES string of the molecule is C=CCC(C#N)(/C=C/C)O[Si]. The summed E-state index contributed by atoms with van der Waals surface area (Å²) in [4.78, 5) is 0. The molecular formula is C8H10NOSi. The zero-order valence-electron chi connectivity index (χ0n) is 6.50. The number of hydrogen-bond donors (Lipinski definition) is 0. The van der Waals surface area contributed by atoms with Gasteiger partial charge in [0.15, 0.2) is 5.60 Å². The van der Waals surface area contributed by atoms with Gasteiger partial charge in [0.05, 0.1) is 0 Å².